The molecular formula is C15H16N2O2. The van der Waals surface area contributed by atoms with Crippen LogP contribution in [0.2, 0.25) is 0 Å². The summed E-state index contributed by atoms with van der Waals surface area (Å²) in [5.41, 5.74) is 7.60. The maximum Gasteiger partial charge on any atom is 0.161 e. The fourth-order valence-corrected chi connectivity index (χ4v) is 1.70. The summed E-state index contributed by atoms with van der Waals surface area (Å²) in [6.07, 6.45) is 0. The molecule has 0 saturated heterocycles. The second kappa shape index (κ2) is 5.91. The largest absolute Gasteiger partial charge is 0.493 e. The number of ether oxygens (including phenoxy) is 2. The predicted molar refractivity (Wildman–Crippen MR) is 76.4 cm³/mol. The summed E-state index contributed by atoms with van der Waals surface area (Å²) in [5, 5.41) is 0. The number of rotatable bonds is 4. The van der Waals surface area contributed by atoms with Crippen molar-refractivity contribution in [3.05, 3.63) is 54.1 Å². The van der Waals surface area contributed by atoms with Crippen LogP contribution in [0.1, 0.15) is 5.56 Å². The summed E-state index contributed by atoms with van der Waals surface area (Å²) in [5.74, 6) is 1.73. The first-order chi connectivity index (χ1) is 9.24. The van der Waals surface area contributed by atoms with Gasteiger partial charge in [-0.05, 0) is 30.3 Å². The van der Waals surface area contributed by atoms with E-state index in [9.17, 15) is 0 Å². The highest BCUT2D eigenvalue weighted by Gasteiger charge is 2.06. The fraction of sp³-hybridized carbons (Fsp3) is 0.133. The second-order valence-electron chi connectivity index (χ2n) is 3.90. The molecule has 0 aromatic heterocycles. The van der Waals surface area contributed by atoms with Crippen LogP contribution in [-0.4, -0.2) is 20.1 Å². The number of aliphatic imine (C=N–C) groups is 1. The van der Waals surface area contributed by atoms with E-state index in [1.807, 2.05) is 42.5 Å². The Labute approximate surface area is 112 Å². The average Bonchev–Trinajstić information content (AvgIpc) is 2.47. The monoisotopic (exact) mass is 256 g/mol. The Bertz CT molecular complexity index is 580. The van der Waals surface area contributed by atoms with Crippen molar-refractivity contribution in [1.29, 1.82) is 0 Å². The third-order valence-corrected chi connectivity index (χ3v) is 2.69. The smallest absolute Gasteiger partial charge is 0.161 e. The molecule has 4 heteroatoms. The predicted octanol–water partition coefficient (Wildman–Crippen LogP) is 2.74. The molecule has 0 unspecified atom stereocenters. The van der Waals surface area contributed by atoms with Gasteiger partial charge in [-0.2, -0.15) is 0 Å². The zero-order chi connectivity index (χ0) is 13.7. The van der Waals surface area contributed by atoms with Gasteiger partial charge in [-0.25, -0.2) is 4.99 Å². The molecule has 19 heavy (non-hydrogen) atoms. The van der Waals surface area contributed by atoms with Crippen LogP contribution in [-0.2, 0) is 0 Å². The zero-order valence-corrected chi connectivity index (χ0v) is 11.0. The zero-order valence-electron chi connectivity index (χ0n) is 11.0. The number of hydrogen-bond donors (Lipinski definition) is 1. The number of nitrogens with zero attached hydrogens (tertiary/aromatic N) is 1. The van der Waals surface area contributed by atoms with Crippen molar-refractivity contribution in [3.63, 3.8) is 0 Å². The molecule has 4 nitrogen and oxygen atoms in total. The van der Waals surface area contributed by atoms with Crippen LogP contribution in [0, 0.1) is 0 Å². The summed E-state index contributed by atoms with van der Waals surface area (Å²) in [4.78, 5) is 4.36. The average molecular weight is 256 g/mol. The normalized spacial score (nSPS) is 11.2. The fourth-order valence-electron chi connectivity index (χ4n) is 1.70. The van der Waals surface area contributed by atoms with Crippen LogP contribution in [0.5, 0.6) is 11.5 Å². The van der Waals surface area contributed by atoms with Crippen LogP contribution in [0.3, 0.4) is 0 Å². The Morgan fingerprint density at radius 3 is 2.26 bits per heavy atom. The topological polar surface area (TPSA) is 56.8 Å². The van der Waals surface area contributed by atoms with Gasteiger partial charge in [0.1, 0.15) is 5.84 Å². The van der Waals surface area contributed by atoms with E-state index in [0.717, 1.165) is 11.3 Å². The van der Waals surface area contributed by atoms with Crippen molar-refractivity contribution in [2.75, 3.05) is 14.2 Å². The van der Waals surface area contributed by atoms with E-state index < -0.39 is 0 Å². The van der Waals surface area contributed by atoms with Crippen molar-refractivity contribution < 1.29 is 9.47 Å². The second-order valence-corrected chi connectivity index (χ2v) is 3.90. The SMILES string of the molecule is COc1ccc(C(N)=Nc2ccccc2)cc1OC. The van der Waals surface area contributed by atoms with E-state index in [4.69, 9.17) is 15.2 Å². The molecule has 0 fully saturated rings. The maximum absolute atomic E-state index is 6.00. The Morgan fingerprint density at radius 2 is 1.63 bits per heavy atom. The first-order valence-corrected chi connectivity index (χ1v) is 5.86. The number of methoxy groups -OCH3 is 2. The summed E-state index contributed by atoms with van der Waals surface area (Å²) in [6, 6.07) is 15.0. The minimum Gasteiger partial charge on any atom is -0.493 e. The van der Waals surface area contributed by atoms with Gasteiger partial charge >= 0.3 is 0 Å². The summed E-state index contributed by atoms with van der Waals surface area (Å²) >= 11 is 0. The molecular weight excluding hydrogens is 240 g/mol. The molecule has 0 radical (unpaired) electrons. The van der Waals surface area contributed by atoms with Crippen molar-refractivity contribution in [1.82, 2.24) is 0 Å². The Morgan fingerprint density at radius 1 is 0.947 bits per heavy atom. The molecule has 0 saturated carbocycles. The molecule has 98 valence electrons. The minimum absolute atomic E-state index is 0.437. The quantitative estimate of drug-likeness (QED) is 0.676. The highest BCUT2D eigenvalue weighted by molar-refractivity contribution is 5.99. The van der Waals surface area contributed by atoms with Gasteiger partial charge in [0, 0.05) is 5.56 Å². The Balaban J connectivity index is 2.34. The van der Waals surface area contributed by atoms with Crippen LogP contribution < -0.4 is 15.2 Å². The van der Waals surface area contributed by atoms with Gasteiger partial charge in [0.25, 0.3) is 0 Å². The summed E-state index contributed by atoms with van der Waals surface area (Å²) in [7, 11) is 3.19. The molecule has 0 aliphatic rings. The highest BCUT2D eigenvalue weighted by atomic mass is 16.5. The third kappa shape index (κ3) is 3.04. The minimum atomic E-state index is 0.437. The highest BCUT2D eigenvalue weighted by Crippen LogP contribution is 2.27. The van der Waals surface area contributed by atoms with Crippen LogP contribution >= 0.6 is 0 Å². The van der Waals surface area contributed by atoms with E-state index in [-0.39, 0.29) is 0 Å². The van der Waals surface area contributed by atoms with Crippen LogP contribution in [0.15, 0.2) is 53.5 Å². The van der Waals surface area contributed by atoms with Crippen molar-refractivity contribution >= 4 is 11.5 Å². The van der Waals surface area contributed by atoms with Gasteiger partial charge in [0.15, 0.2) is 11.5 Å². The molecule has 0 atom stereocenters. The summed E-state index contributed by atoms with van der Waals surface area (Å²) < 4.78 is 10.4. The molecule has 0 spiro atoms. The van der Waals surface area contributed by atoms with Gasteiger partial charge in [-0.1, -0.05) is 18.2 Å². The molecule has 2 rings (SSSR count). The lowest BCUT2D eigenvalue weighted by Gasteiger charge is -2.09. The van der Waals surface area contributed by atoms with E-state index in [0.29, 0.717) is 17.3 Å². The lowest BCUT2D eigenvalue weighted by Crippen LogP contribution is -2.12. The maximum atomic E-state index is 6.00. The van der Waals surface area contributed by atoms with Gasteiger partial charge in [0.05, 0.1) is 19.9 Å². The summed E-state index contributed by atoms with van der Waals surface area (Å²) in [6.45, 7) is 0. The number of benzene rings is 2. The number of para-hydroxylation sites is 1. The first-order valence-electron chi connectivity index (χ1n) is 5.86. The molecule has 2 aromatic carbocycles. The number of nitrogens with two attached hydrogens (primary N) is 1. The van der Waals surface area contributed by atoms with Gasteiger partial charge in [0.2, 0.25) is 0 Å². The number of amidine groups is 1. The Kier molecular flexibility index (Phi) is 4.03. The molecule has 0 aliphatic carbocycles. The molecule has 0 aliphatic heterocycles. The molecule has 0 heterocycles. The van der Waals surface area contributed by atoms with E-state index >= 15 is 0 Å². The van der Waals surface area contributed by atoms with Crippen LogP contribution in [0.4, 0.5) is 5.69 Å². The lowest BCUT2D eigenvalue weighted by molar-refractivity contribution is 0.355. The van der Waals surface area contributed by atoms with E-state index in [1.165, 1.54) is 0 Å². The molecule has 0 amide bonds. The first kappa shape index (κ1) is 13.0. The Hall–Kier alpha value is -2.49. The van der Waals surface area contributed by atoms with E-state index in [1.54, 1.807) is 20.3 Å². The lowest BCUT2D eigenvalue weighted by atomic mass is 10.2. The standard InChI is InChI=1S/C15H16N2O2/c1-18-13-9-8-11(10-14(13)19-2)15(16)17-12-6-4-3-5-7-12/h3-10H,1-2H3,(H2,16,17). The van der Waals surface area contributed by atoms with Gasteiger partial charge in [-0.15, -0.1) is 0 Å². The van der Waals surface area contributed by atoms with Crippen molar-refractivity contribution in [3.8, 4) is 11.5 Å². The molecule has 2 N–H and O–H groups in total. The third-order valence-electron chi connectivity index (χ3n) is 2.69. The van der Waals surface area contributed by atoms with Crippen molar-refractivity contribution in [2.45, 2.75) is 0 Å². The van der Waals surface area contributed by atoms with Gasteiger partial charge in [-0.3, -0.25) is 0 Å². The molecule has 2 aromatic rings. The van der Waals surface area contributed by atoms with E-state index in [2.05, 4.69) is 4.99 Å². The van der Waals surface area contributed by atoms with Crippen molar-refractivity contribution in [2.24, 2.45) is 10.7 Å². The number of hydrogen-bond acceptors (Lipinski definition) is 3. The van der Waals surface area contributed by atoms with Crippen LogP contribution in [0.25, 0.3) is 0 Å². The van der Waals surface area contributed by atoms with Gasteiger partial charge < -0.3 is 15.2 Å². The molecule has 0 bridgehead atoms.